The van der Waals surface area contributed by atoms with Crippen molar-refractivity contribution in [2.24, 2.45) is 0 Å². The van der Waals surface area contributed by atoms with Crippen LogP contribution in [0.15, 0.2) is 45.5 Å². The largest absolute Gasteiger partial charge is 0.495 e. The van der Waals surface area contributed by atoms with E-state index in [4.69, 9.17) is 9.15 Å². The van der Waals surface area contributed by atoms with Crippen molar-refractivity contribution in [1.82, 2.24) is 4.90 Å². The molecule has 106 valence electrons. The van der Waals surface area contributed by atoms with Gasteiger partial charge in [-0.3, -0.25) is 0 Å². The smallest absolute Gasteiger partial charge is 0.322 e. The van der Waals surface area contributed by atoms with Crippen molar-refractivity contribution in [2.45, 2.75) is 6.54 Å². The predicted octanol–water partition coefficient (Wildman–Crippen LogP) is 3.71. The van der Waals surface area contributed by atoms with Crippen molar-refractivity contribution in [2.75, 3.05) is 19.5 Å². The van der Waals surface area contributed by atoms with Crippen molar-refractivity contribution in [3.05, 3.63) is 46.8 Å². The summed E-state index contributed by atoms with van der Waals surface area (Å²) in [5.74, 6) is 1.32. The molecule has 0 saturated carbocycles. The highest BCUT2D eigenvalue weighted by atomic mass is 79.9. The average molecular weight is 339 g/mol. The summed E-state index contributed by atoms with van der Waals surface area (Å²) in [6.07, 6.45) is 0. The first-order valence-corrected chi connectivity index (χ1v) is 6.79. The maximum Gasteiger partial charge on any atom is 0.322 e. The Labute approximate surface area is 125 Å². The molecule has 2 rings (SSSR count). The molecular formula is C14H15BrN2O3. The molecule has 0 unspecified atom stereocenters. The molecule has 20 heavy (non-hydrogen) atoms. The minimum absolute atomic E-state index is 0.234. The molecule has 1 aromatic carbocycles. The maximum atomic E-state index is 12.1. The number of urea groups is 1. The van der Waals surface area contributed by atoms with Gasteiger partial charge in [-0.2, -0.15) is 0 Å². The zero-order chi connectivity index (χ0) is 14.5. The number of amides is 2. The van der Waals surface area contributed by atoms with E-state index >= 15 is 0 Å². The standard InChI is InChI=1S/C14H15BrN2O3/c1-17(9-10-7-8-13(15)20-10)14(18)16-11-5-3-4-6-12(11)19-2/h3-8H,9H2,1-2H3,(H,16,18). The first kappa shape index (κ1) is 14.5. The topological polar surface area (TPSA) is 54.7 Å². The van der Waals surface area contributed by atoms with E-state index in [0.29, 0.717) is 28.4 Å². The van der Waals surface area contributed by atoms with Gasteiger partial charge in [-0.1, -0.05) is 12.1 Å². The normalized spacial score (nSPS) is 10.2. The number of furan rings is 1. The van der Waals surface area contributed by atoms with Crippen LogP contribution >= 0.6 is 15.9 Å². The highest BCUT2D eigenvalue weighted by molar-refractivity contribution is 9.10. The van der Waals surface area contributed by atoms with Gasteiger partial charge in [-0.05, 0) is 40.2 Å². The van der Waals surface area contributed by atoms with Crippen LogP contribution in [0.25, 0.3) is 0 Å². The SMILES string of the molecule is COc1ccccc1NC(=O)N(C)Cc1ccc(Br)o1. The highest BCUT2D eigenvalue weighted by Crippen LogP contribution is 2.23. The molecule has 0 saturated heterocycles. The van der Waals surface area contributed by atoms with Crippen LogP contribution in [0.4, 0.5) is 10.5 Å². The number of carbonyl (C=O) groups is 1. The van der Waals surface area contributed by atoms with Crippen molar-refractivity contribution in [3.8, 4) is 5.75 Å². The number of benzene rings is 1. The van der Waals surface area contributed by atoms with Gasteiger partial charge in [-0.15, -0.1) is 0 Å². The second kappa shape index (κ2) is 6.47. The summed E-state index contributed by atoms with van der Waals surface area (Å²) >= 11 is 3.23. The fraction of sp³-hybridized carbons (Fsp3) is 0.214. The average Bonchev–Trinajstić information content (AvgIpc) is 2.84. The maximum absolute atomic E-state index is 12.1. The molecule has 0 radical (unpaired) electrons. The predicted molar refractivity (Wildman–Crippen MR) is 79.9 cm³/mol. The van der Waals surface area contributed by atoms with Crippen LogP contribution in [-0.4, -0.2) is 25.1 Å². The molecule has 6 heteroatoms. The number of methoxy groups -OCH3 is 1. The summed E-state index contributed by atoms with van der Waals surface area (Å²) < 4.78 is 11.2. The van der Waals surface area contributed by atoms with Crippen LogP contribution in [0.3, 0.4) is 0 Å². The van der Waals surface area contributed by atoms with Crippen molar-refractivity contribution >= 4 is 27.6 Å². The van der Waals surface area contributed by atoms with Crippen molar-refractivity contribution in [1.29, 1.82) is 0 Å². The zero-order valence-electron chi connectivity index (χ0n) is 11.2. The second-order valence-electron chi connectivity index (χ2n) is 4.19. The van der Waals surface area contributed by atoms with Gasteiger partial charge in [0.1, 0.15) is 11.5 Å². The van der Waals surface area contributed by atoms with Gasteiger partial charge in [0.25, 0.3) is 0 Å². The Hall–Kier alpha value is -1.95. The lowest BCUT2D eigenvalue weighted by Crippen LogP contribution is -2.30. The Morgan fingerprint density at radius 2 is 2.10 bits per heavy atom. The van der Waals surface area contributed by atoms with Gasteiger partial charge in [0.15, 0.2) is 4.67 Å². The van der Waals surface area contributed by atoms with Gasteiger partial charge in [0.2, 0.25) is 0 Å². The number of rotatable bonds is 4. The van der Waals surface area contributed by atoms with Gasteiger partial charge in [-0.25, -0.2) is 4.79 Å². The van der Waals surface area contributed by atoms with Crippen LogP contribution in [0.2, 0.25) is 0 Å². The van der Waals surface area contributed by atoms with Crippen molar-refractivity contribution < 1.29 is 13.9 Å². The summed E-state index contributed by atoms with van der Waals surface area (Å²) in [7, 11) is 3.26. The number of nitrogens with zero attached hydrogens (tertiary/aromatic N) is 1. The molecule has 0 aliphatic rings. The monoisotopic (exact) mass is 338 g/mol. The van der Waals surface area contributed by atoms with Crippen LogP contribution in [0.1, 0.15) is 5.76 Å². The molecule has 1 aromatic heterocycles. The fourth-order valence-electron chi connectivity index (χ4n) is 1.70. The summed E-state index contributed by atoms with van der Waals surface area (Å²) in [4.78, 5) is 13.6. The highest BCUT2D eigenvalue weighted by Gasteiger charge is 2.13. The third kappa shape index (κ3) is 3.54. The van der Waals surface area contributed by atoms with E-state index in [9.17, 15) is 4.79 Å². The number of nitrogens with one attached hydrogen (secondary N) is 1. The Balaban J connectivity index is 2.00. The lowest BCUT2D eigenvalue weighted by atomic mass is 10.3. The number of carbonyl (C=O) groups excluding carboxylic acids is 1. The van der Waals surface area contributed by atoms with Crippen LogP contribution in [0, 0.1) is 0 Å². The Morgan fingerprint density at radius 1 is 1.35 bits per heavy atom. The van der Waals surface area contributed by atoms with Crippen LogP contribution in [-0.2, 0) is 6.54 Å². The summed E-state index contributed by atoms with van der Waals surface area (Å²) in [6, 6.07) is 10.6. The second-order valence-corrected chi connectivity index (χ2v) is 4.97. The molecule has 0 aliphatic heterocycles. The van der Waals surface area contributed by atoms with Gasteiger partial charge in [0.05, 0.1) is 19.3 Å². The number of ether oxygens (including phenoxy) is 1. The third-order valence-corrected chi connectivity index (χ3v) is 3.14. The van der Waals surface area contributed by atoms with E-state index in [-0.39, 0.29) is 6.03 Å². The number of para-hydroxylation sites is 2. The molecule has 0 aliphatic carbocycles. The van der Waals surface area contributed by atoms with E-state index in [1.54, 1.807) is 32.4 Å². The van der Waals surface area contributed by atoms with Gasteiger partial charge in [0, 0.05) is 7.05 Å². The zero-order valence-corrected chi connectivity index (χ0v) is 12.8. The number of halogens is 1. The Kier molecular flexibility index (Phi) is 4.68. The lowest BCUT2D eigenvalue weighted by Gasteiger charge is -2.17. The first-order valence-electron chi connectivity index (χ1n) is 5.99. The number of hydrogen-bond donors (Lipinski definition) is 1. The summed E-state index contributed by atoms with van der Waals surface area (Å²) in [5, 5.41) is 2.80. The molecule has 5 nitrogen and oxygen atoms in total. The first-order chi connectivity index (χ1) is 9.60. The molecule has 0 bridgehead atoms. The molecule has 2 amide bonds. The molecule has 2 aromatic rings. The minimum Gasteiger partial charge on any atom is -0.495 e. The molecule has 0 fully saturated rings. The minimum atomic E-state index is -0.234. The number of anilines is 1. The molecule has 0 atom stereocenters. The van der Waals surface area contributed by atoms with E-state index < -0.39 is 0 Å². The quantitative estimate of drug-likeness (QED) is 0.924. The van der Waals surface area contributed by atoms with Gasteiger partial charge < -0.3 is 19.4 Å². The molecule has 0 spiro atoms. The molecular weight excluding hydrogens is 324 g/mol. The van der Waals surface area contributed by atoms with Crippen molar-refractivity contribution in [3.63, 3.8) is 0 Å². The van der Waals surface area contributed by atoms with E-state index in [1.807, 2.05) is 18.2 Å². The van der Waals surface area contributed by atoms with Crippen LogP contribution < -0.4 is 10.1 Å². The summed E-state index contributed by atoms with van der Waals surface area (Å²) in [5.41, 5.74) is 0.632. The fourth-order valence-corrected chi connectivity index (χ4v) is 2.04. The summed E-state index contributed by atoms with van der Waals surface area (Å²) in [6.45, 7) is 0.382. The van der Waals surface area contributed by atoms with E-state index in [1.165, 1.54) is 4.90 Å². The third-order valence-electron chi connectivity index (χ3n) is 2.72. The van der Waals surface area contributed by atoms with E-state index in [0.717, 1.165) is 0 Å². The molecule has 1 heterocycles. The molecule has 1 N–H and O–H groups in total. The number of hydrogen-bond acceptors (Lipinski definition) is 3. The van der Waals surface area contributed by atoms with E-state index in [2.05, 4.69) is 21.2 Å². The Bertz CT molecular complexity index is 598. The van der Waals surface area contributed by atoms with Gasteiger partial charge >= 0.3 is 6.03 Å². The lowest BCUT2D eigenvalue weighted by molar-refractivity contribution is 0.216. The van der Waals surface area contributed by atoms with Crippen LogP contribution in [0.5, 0.6) is 5.75 Å². The Morgan fingerprint density at radius 3 is 2.75 bits per heavy atom.